The summed E-state index contributed by atoms with van der Waals surface area (Å²) in [5.41, 5.74) is 0.821. The summed E-state index contributed by atoms with van der Waals surface area (Å²) in [5, 5.41) is 3.53. The fourth-order valence-corrected chi connectivity index (χ4v) is 2.39. The van der Waals surface area contributed by atoms with Crippen LogP contribution in [0.2, 0.25) is 0 Å². The van der Waals surface area contributed by atoms with Crippen molar-refractivity contribution >= 4 is 28.2 Å². The molecule has 0 saturated carbocycles. The molecule has 1 heterocycles. The Hall–Kier alpha value is -3.02. The lowest BCUT2D eigenvalue weighted by atomic mass is 10.1. The van der Waals surface area contributed by atoms with Gasteiger partial charge in [-0.3, -0.25) is 4.98 Å². The van der Waals surface area contributed by atoms with E-state index in [1.807, 2.05) is 0 Å². The largest absolute Gasteiger partial charge is 0.462 e. The maximum atomic E-state index is 14.0. The van der Waals surface area contributed by atoms with Gasteiger partial charge in [-0.15, -0.1) is 0 Å². The van der Waals surface area contributed by atoms with Crippen molar-refractivity contribution in [3.63, 3.8) is 0 Å². The second-order valence-electron chi connectivity index (χ2n) is 5.04. The number of rotatable bonds is 4. The maximum Gasteiger partial charge on any atom is 0.343 e. The van der Waals surface area contributed by atoms with Crippen LogP contribution in [-0.2, 0) is 4.74 Å². The second kappa shape index (κ2) is 6.62. The van der Waals surface area contributed by atoms with Crippen LogP contribution >= 0.6 is 0 Å². The summed E-state index contributed by atoms with van der Waals surface area (Å²) in [6.07, 6.45) is 1.42. The minimum Gasteiger partial charge on any atom is -0.462 e. The highest BCUT2D eigenvalue weighted by Gasteiger charge is 2.18. The van der Waals surface area contributed by atoms with Gasteiger partial charge in [0.2, 0.25) is 0 Å². The van der Waals surface area contributed by atoms with E-state index in [0.29, 0.717) is 11.1 Å². The third-order valence-corrected chi connectivity index (χ3v) is 3.43. The third-order valence-electron chi connectivity index (χ3n) is 3.43. The number of halogens is 2. The number of hydrogen-bond donors (Lipinski definition) is 1. The molecule has 0 bridgehead atoms. The zero-order valence-electron chi connectivity index (χ0n) is 12.8. The summed E-state index contributed by atoms with van der Waals surface area (Å²) in [4.78, 5) is 16.0. The Labute approximate surface area is 137 Å². The fraction of sp³-hybridized carbons (Fsp3) is 0.111. The number of ether oxygens (including phenoxy) is 1. The molecular weight excluding hydrogens is 314 g/mol. The van der Waals surface area contributed by atoms with Crippen LogP contribution in [-0.4, -0.2) is 17.6 Å². The first kappa shape index (κ1) is 15.9. The van der Waals surface area contributed by atoms with Gasteiger partial charge in [0, 0.05) is 5.39 Å². The lowest BCUT2D eigenvalue weighted by Crippen LogP contribution is -2.10. The van der Waals surface area contributed by atoms with E-state index in [2.05, 4.69) is 10.3 Å². The molecule has 0 atom stereocenters. The number of carbonyl (C=O) groups is 1. The highest BCUT2D eigenvalue weighted by Crippen LogP contribution is 2.26. The highest BCUT2D eigenvalue weighted by atomic mass is 19.1. The normalized spacial score (nSPS) is 10.6. The van der Waals surface area contributed by atoms with Crippen molar-refractivity contribution in [3.05, 3.63) is 65.9 Å². The Balaban J connectivity index is 2.00. The lowest BCUT2D eigenvalue weighted by molar-refractivity contribution is 0.0522. The zero-order valence-corrected chi connectivity index (χ0v) is 12.8. The minimum atomic E-state index is -0.752. The molecular formula is C18H14F2N2O2. The molecule has 4 nitrogen and oxygen atoms in total. The van der Waals surface area contributed by atoms with E-state index in [1.54, 1.807) is 31.2 Å². The first-order valence-corrected chi connectivity index (χ1v) is 7.37. The van der Waals surface area contributed by atoms with Crippen LogP contribution in [0.25, 0.3) is 10.9 Å². The number of fused-ring (bicyclic) bond motifs is 1. The summed E-state index contributed by atoms with van der Waals surface area (Å²) in [7, 11) is 0. The quantitative estimate of drug-likeness (QED) is 0.720. The molecule has 0 spiro atoms. The number of nitrogens with one attached hydrogen (secondary N) is 1. The van der Waals surface area contributed by atoms with Gasteiger partial charge in [0.25, 0.3) is 0 Å². The molecule has 1 N–H and O–H groups in total. The SMILES string of the molecule is CCOC(=O)c1c(F)cccc1Nc1cnc2c(F)cccc2c1. The number of esters is 1. The van der Waals surface area contributed by atoms with Gasteiger partial charge in [0.15, 0.2) is 0 Å². The molecule has 0 unspecified atom stereocenters. The third kappa shape index (κ3) is 3.03. The van der Waals surface area contributed by atoms with Crippen LogP contribution in [0.3, 0.4) is 0 Å². The van der Waals surface area contributed by atoms with Crippen LogP contribution in [0.5, 0.6) is 0 Å². The molecule has 3 rings (SSSR count). The van der Waals surface area contributed by atoms with E-state index in [4.69, 9.17) is 4.74 Å². The Kier molecular flexibility index (Phi) is 4.37. The number of anilines is 2. The molecule has 0 saturated heterocycles. The molecule has 0 radical (unpaired) electrons. The molecule has 122 valence electrons. The number of nitrogens with zero attached hydrogens (tertiary/aromatic N) is 1. The molecule has 0 fully saturated rings. The monoisotopic (exact) mass is 328 g/mol. The van der Waals surface area contributed by atoms with Gasteiger partial charge in [-0.25, -0.2) is 13.6 Å². The molecule has 0 aliphatic rings. The summed E-state index contributed by atoms with van der Waals surface area (Å²) in [6.45, 7) is 1.79. The molecule has 3 aromatic rings. The Morgan fingerprint density at radius 2 is 1.92 bits per heavy atom. The molecule has 0 aliphatic carbocycles. The predicted molar refractivity (Wildman–Crippen MR) is 87.3 cm³/mol. The molecule has 6 heteroatoms. The maximum absolute atomic E-state index is 14.0. The number of para-hydroxylation sites is 1. The number of aromatic nitrogens is 1. The van der Waals surface area contributed by atoms with Gasteiger partial charge in [-0.2, -0.15) is 0 Å². The van der Waals surface area contributed by atoms with Crippen LogP contribution in [0.1, 0.15) is 17.3 Å². The van der Waals surface area contributed by atoms with Crippen LogP contribution in [0.15, 0.2) is 48.7 Å². The fourth-order valence-electron chi connectivity index (χ4n) is 2.39. The standard InChI is InChI=1S/C18H14F2N2O2/c1-2-24-18(23)16-13(19)6-4-8-15(16)22-12-9-11-5-3-7-14(20)17(11)21-10-12/h3-10,22H,2H2,1H3. The van der Waals surface area contributed by atoms with Crippen LogP contribution in [0.4, 0.5) is 20.2 Å². The smallest absolute Gasteiger partial charge is 0.343 e. The number of hydrogen-bond acceptors (Lipinski definition) is 4. The second-order valence-corrected chi connectivity index (χ2v) is 5.04. The van der Waals surface area contributed by atoms with Crippen molar-refractivity contribution in [1.29, 1.82) is 0 Å². The van der Waals surface area contributed by atoms with E-state index >= 15 is 0 Å². The van der Waals surface area contributed by atoms with Crippen LogP contribution in [0, 0.1) is 11.6 Å². The van der Waals surface area contributed by atoms with E-state index in [-0.39, 0.29) is 23.4 Å². The summed E-state index contributed by atoms with van der Waals surface area (Å²) < 4.78 is 32.6. The summed E-state index contributed by atoms with van der Waals surface area (Å²) in [5.74, 6) is -1.85. The van der Waals surface area contributed by atoms with E-state index < -0.39 is 17.6 Å². The van der Waals surface area contributed by atoms with E-state index in [1.165, 1.54) is 24.4 Å². The Morgan fingerprint density at radius 3 is 2.71 bits per heavy atom. The van der Waals surface area contributed by atoms with Crippen molar-refractivity contribution in [2.24, 2.45) is 0 Å². The lowest BCUT2D eigenvalue weighted by Gasteiger charge is -2.12. The first-order valence-electron chi connectivity index (χ1n) is 7.37. The average molecular weight is 328 g/mol. The summed E-state index contributed by atoms with van der Waals surface area (Å²) in [6, 6.07) is 10.5. The highest BCUT2D eigenvalue weighted by molar-refractivity contribution is 5.97. The van der Waals surface area contributed by atoms with Gasteiger partial charge < -0.3 is 10.1 Å². The Bertz CT molecular complexity index is 913. The molecule has 0 amide bonds. The molecule has 1 aromatic heterocycles. The number of benzene rings is 2. The predicted octanol–water partition coefficient (Wildman–Crippen LogP) is 4.43. The van der Waals surface area contributed by atoms with Gasteiger partial charge in [-0.1, -0.05) is 18.2 Å². The summed E-state index contributed by atoms with van der Waals surface area (Å²) >= 11 is 0. The number of carbonyl (C=O) groups excluding carboxylic acids is 1. The van der Waals surface area contributed by atoms with Crippen molar-refractivity contribution in [3.8, 4) is 0 Å². The van der Waals surface area contributed by atoms with Crippen molar-refractivity contribution in [2.45, 2.75) is 6.92 Å². The first-order chi connectivity index (χ1) is 11.6. The average Bonchev–Trinajstić information content (AvgIpc) is 2.55. The van der Waals surface area contributed by atoms with Gasteiger partial charge in [0.1, 0.15) is 22.7 Å². The van der Waals surface area contributed by atoms with Crippen molar-refractivity contribution in [1.82, 2.24) is 4.98 Å². The van der Waals surface area contributed by atoms with E-state index in [0.717, 1.165) is 0 Å². The van der Waals surface area contributed by atoms with Gasteiger partial charge in [-0.05, 0) is 31.2 Å². The molecule has 24 heavy (non-hydrogen) atoms. The zero-order chi connectivity index (χ0) is 17.1. The topological polar surface area (TPSA) is 51.2 Å². The minimum absolute atomic E-state index is 0.142. The Morgan fingerprint density at radius 1 is 1.17 bits per heavy atom. The molecule has 0 aliphatic heterocycles. The van der Waals surface area contributed by atoms with Crippen LogP contribution < -0.4 is 5.32 Å². The number of pyridine rings is 1. The van der Waals surface area contributed by atoms with Crippen molar-refractivity contribution in [2.75, 3.05) is 11.9 Å². The molecule has 2 aromatic carbocycles. The van der Waals surface area contributed by atoms with Gasteiger partial charge >= 0.3 is 5.97 Å². The van der Waals surface area contributed by atoms with E-state index in [9.17, 15) is 13.6 Å². The van der Waals surface area contributed by atoms with Crippen molar-refractivity contribution < 1.29 is 18.3 Å². The van der Waals surface area contributed by atoms with Gasteiger partial charge in [0.05, 0.1) is 24.2 Å².